The summed E-state index contributed by atoms with van der Waals surface area (Å²) in [4.78, 5) is 51.8. The number of aliphatic hydroxyl groups is 1. The summed E-state index contributed by atoms with van der Waals surface area (Å²) < 4.78 is 5.18. The molecule has 0 radical (unpaired) electrons. The fourth-order valence-corrected chi connectivity index (χ4v) is 3.09. The van der Waals surface area contributed by atoms with E-state index >= 15 is 0 Å². The van der Waals surface area contributed by atoms with E-state index in [1.165, 1.54) is 24.3 Å². The summed E-state index contributed by atoms with van der Waals surface area (Å²) >= 11 is 0. The van der Waals surface area contributed by atoms with Gasteiger partial charge in [0.25, 0.3) is 0 Å². The summed E-state index contributed by atoms with van der Waals surface area (Å²) in [7, 11) is 0. The van der Waals surface area contributed by atoms with E-state index in [1.807, 2.05) is 0 Å². The number of nitrogens with two attached hydrogens (primary N) is 1. The van der Waals surface area contributed by atoms with E-state index in [4.69, 9.17) is 10.5 Å². The Morgan fingerprint density at radius 2 is 1.62 bits per heavy atom. The first-order valence-electron chi connectivity index (χ1n) is 10.8. The largest absolute Gasteiger partial charge is 0.508 e. The Bertz CT molecular complexity index is 873. The van der Waals surface area contributed by atoms with Crippen LogP contribution in [-0.4, -0.2) is 69.3 Å². The summed E-state index contributed by atoms with van der Waals surface area (Å²) in [6, 6.07) is 2.95. The molecule has 11 heteroatoms. The van der Waals surface area contributed by atoms with Crippen molar-refractivity contribution < 1.29 is 34.1 Å². The third-order valence-electron chi connectivity index (χ3n) is 4.29. The molecule has 0 bridgehead atoms. The zero-order chi connectivity index (χ0) is 26.3. The lowest BCUT2D eigenvalue weighted by atomic mass is 10.00. The number of primary amides is 1. The first kappa shape index (κ1) is 28.7. The quantitative estimate of drug-likeness (QED) is 0.350. The van der Waals surface area contributed by atoms with Crippen molar-refractivity contribution in [3.8, 4) is 5.75 Å². The second-order valence-electron chi connectivity index (χ2n) is 9.86. The molecule has 0 aliphatic rings. The SMILES string of the molecule is CC(C)(C)NC(=O)C(c1ccc(O)cc1)N(CCO)C(=O)C(CC(N)=O)NC(=O)OC(C)(C)C. The number of hydrogen-bond donors (Lipinski definition) is 5. The van der Waals surface area contributed by atoms with E-state index < -0.39 is 60.1 Å². The first-order valence-corrected chi connectivity index (χ1v) is 10.8. The Balaban J connectivity index is 3.44. The average molecular weight is 481 g/mol. The van der Waals surface area contributed by atoms with Crippen molar-refractivity contribution in [1.82, 2.24) is 15.5 Å². The van der Waals surface area contributed by atoms with Crippen LogP contribution in [0.15, 0.2) is 24.3 Å². The van der Waals surface area contributed by atoms with Crippen LogP contribution < -0.4 is 16.4 Å². The molecule has 0 aromatic heterocycles. The van der Waals surface area contributed by atoms with Crippen molar-refractivity contribution in [2.45, 2.75) is 71.2 Å². The number of nitrogens with one attached hydrogen (secondary N) is 2. The van der Waals surface area contributed by atoms with Crippen molar-refractivity contribution in [3.63, 3.8) is 0 Å². The minimum atomic E-state index is -1.44. The van der Waals surface area contributed by atoms with Gasteiger partial charge in [-0.2, -0.15) is 0 Å². The Morgan fingerprint density at radius 3 is 2.06 bits per heavy atom. The molecule has 2 atom stereocenters. The summed E-state index contributed by atoms with van der Waals surface area (Å²) in [5, 5.41) is 24.5. The molecule has 1 aromatic rings. The van der Waals surface area contributed by atoms with Crippen LogP contribution in [0.3, 0.4) is 0 Å². The third kappa shape index (κ3) is 9.65. The van der Waals surface area contributed by atoms with Crippen molar-refractivity contribution in [1.29, 1.82) is 0 Å². The second kappa shape index (κ2) is 11.7. The predicted octanol–water partition coefficient (Wildman–Crippen LogP) is 0.938. The van der Waals surface area contributed by atoms with E-state index in [0.29, 0.717) is 5.56 Å². The number of nitrogens with zero attached hydrogens (tertiary/aromatic N) is 1. The monoisotopic (exact) mass is 480 g/mol. The molecule has 0 saturated carbocycles. The lowest BCUT2D eigenvalue weighted by molar-refractivity contribution is -0.144. The van der Waals surface area contributed by atoms with Gasteiger partial charge in [-0.15, -0.1) is 0 Å². The highest BCUT2D eigenvalue weighted by Gasteiger charge is 2.37. The Kier molecular flexibility index (Phi) is 9.86. The van der Waals surface area contributed by atoms with Gasteiger partial charge in [0.15, 0.2) is 0 Å². The van der Waals surface area contributed by atoms with Crippen molar-refractivity contribution >= 4 is 23.8 Å². The predicted molar refractivity (Wildman–Crippen MR) is 125 cm³/mol. The molecule has 0 heterocycles. The molecule has 0 aliphatic carbocycles. The summed E-state index contributed by atoms with van der Waals surface area (Å²) in [6.45, 7) is 9.39. The molecule has 190 valence electrons. The number of aliphatic hydroxyl groups excluding tert-OH is 1. The zero-order valence-corrected chi connectivity index (χ0v) is 20.5. The van der Waals surface area contributed by atoms with Crippen LogP contribution in [0.1, 0.15) is 59.6 Å². The van der Waals surface area contributed by atoms with Crippen LogP contribution in [0.5, 0.6) is 5.75 Å². The normalized spacial score (nSPS) is 13.4. The van der Waals surface area contributed by atoms with Gasteiger partial charge in [0, 0.05) is 12.1 Å². The maximum atomic E-state index is 13.5. The standard InChI is InChI=1S/C23H36N4O7/c1-22(2,3)26-19(31)18(14-7-9-15(29)10-8-14)27(11-12-28)20(32)16(13-17(24)30)25-21(33)34-23(4,5)6/h7-10,16,18,28-29H,11-13H2,1-6H3,(H2,24,30)(H,25,33)(H,26,31). The lowest BCUT2D eigenvalue weighted by Gasteiger charge is -2.35. The number of benzene rings is 1. The number of carbonyl (C=O) groups is 4. The van der Waals surface area contributed by atoms with Gasteiger partial charge < -0.3 is 36.2 Å². The van der Waals surface area contributed by atoms with Crippen molar-refractivity contribution in [3.05, 3.63) is 29.8 Å². The minimum Gasteiger partial charge on any atom is -0.508 e. The topological polar surface area (TPSA) is 171 Å². The van der Waals surface area contributed by atoms with E-state index in [0.717, 1.165) is 4.90 Å². The molecule has 0 spiro atoms. The van der Waals surface area contributed by atoms with E-state index in [9.17, 15) is 29.4 Å². The molecule has 1 aromatic carbocycles. The molecular formula is C23H36N4O7. The van der Waals surface area contributed by atoms with Crippen molar-refractivity contribution in [2.75, 3.05) is 13.2 Å². The van der Waals surface area contributed by atoms with E-state index in [2.05, 4.69) is 10.6 Å². The molecule has 11 nitrogen and oxygen atoms in total. The van der Waals surface area contributed by atoms with Gasteiger partial charge in [-0.05, 0) is 59.2 Å². The van der Waals surface area contributed by atoms with Gasteiger partial charge in [0.05, 0.1) is 13.0 Å². The number of ether oxygens (including phenoxy) is 1. The van der Waals surface area contributed by atoms with Crippen LogP contribution in [-0.2, 0) is 19.1 Å². The molecule has 2 unspecified atom stereocenters. The molecular weight excluding hydrogens is 444 g/mol. The van der Waals surface area contributed by atoms with E-state index in [1.54, 1.807) is 41.5 Å². The van der Waals surface area contributed by atoms with Gasteiger partial charge in [0.2, 0.25) is 17.7 Å². The summed E-state index contributed by atoms with van der Waals surface area (Å²) in [5.74, 6) is -2.29. The molecule has 34 heavy (non-hydrogen) atoms. The minimum absolute atomic E-state index is 0.0445. The van der Waals surface area contributed by atoms with Gasteiger partial charge in [-0.3, -0.25) is 14.4 Å². The van der Waals surface area contributed by atoms with Gasteiger partial charge in [-0.25, -0.2) is 4.79 Å². The summed E-state index contributed by atoms with van der Waals surface area (Å²) in [6.07, 6.45) is -1.50. The smallest absolute Gasteiger partial charge is 0.408 e. The van der Waals surface area contributed by atoms with Crippen LogP contribution in [0.4, 0.5) is 4.79 Å². The number of phenols is 1. The molecule has 6 N–H and O–H groups in total. The highest BCUT2D eigenvalue weighted by molar-refractivity contribution is 5.94. The number of amides is 4. The van der Waals surface area contributed by atoms with E-state index in [-0.39, 0.29) is 12.3 Å². The second-order valence-corrected chi connectivity index (χ2v) is 9.86. The maximum absolute atomic E-state index is 13.5. The zero-order valence-electron chi connectivity index (χ0n) is 20.5. The molecule has 4 amide bonds. The van der Waals surface area contributed by atoms with Crippen LogP contribution in [0, 0.1) is 0 Å². The lowest BCUT2D eigenvalue weighted by Crippen LogP contribution is -2.56. The van der Waals surface area contributed by atoms with Gasteiger partial charge in [0.1, 0.15) is 23.4 Å². The Morgan fingerprint density at radius 1 is 1.06 bits per heavy atom. The van der Waals surface area contributed by atoms with Gasteiger partial charge >= 0.3 is 6.09 Å². The Labute approximate surface area is 199 Å². The van der Waals surface area contributed by atoms with Crippen molar-refractivity contribution in [2.24, 2.45) is 5.73 Å². The maximum Gasteiger partial charge on any atom is 0.408 e. The number of hydrogen-bond acceptors (Lipinski definition) is 7. The molecule has 0 fully saturated rings. The number of aromatic hydroxyl groups is 1. The van der Waals surface area contributed by atoms with Gasteiger partial charge in [-0.1, -0.05) is 12.1 Å². The number of alkyl carbamates (subject to hydrolysis) is 1. The number of carbonyl (C=O) groups excluding carboxylic acids is 4. The molecule has 1 rings (SSSR count). The highest BCUT2D eigenvalue weighted by Crippen LogP contribution is 2.25. The van der Waals surface area contributed by atoms with Crippen LogP contribution in [0.25, 0.3) is 0 Å². The molecule has 0 saturated heterocycles. The number of phenolic OH excluding ortho intramolecular Hbond substituents is 1. The highest BCUT2D eigenvalue weighted by atomic mass is 16.6. The number of rotatable bonds is 9. The first-order chi connectivity index (χ1) is 15.5. The fraction of sp³-hybridized carbons (Fsp3) is 0.565. The van der Waals surface area contributed by atoms with Crippen LogP contribution >= 0.6 is 0 Å². The summed E-state index contributed by atoms with van der Waals surface area (Å²) in [5.41, 5.74) is 4.12. The Hall–Kier alpha value is -3.34. The average Bonchev–Trinajstić information content (AvgIpc) is 2.64. The fourth-order valence-electron chi connectivity index (χ4n) is 3.09. The van der Waals surface area contributed by atoms with Crippen LogP contribution in [0.2, 0.25) is 0 Å². The third-order valence-corrected chi connectivity index (χ3v) is 4.29. The molecule has 0 aliphatic heterocycles.